The smallest absolute Gasteiger partial charge is 0.332 e. The summed E-state index contributed by atoms with van der Waals surface area (Å²) in [6.45, 7) is 1.46. The molecule has 1 aliphatic heterocycles. The Labute approximate surface area is 170 Å². The van der Waals surface area contributed by atoms with Crippen molar-refractivity contribution in [2.75, 3.05) is 7.11 Å². The Morgan fingerprint density at radius 2 is 1.93 bits per heavy atom. The fraction of sp³-hybridized carbons (Fsp3) is 0.316. The number of para-hydroxylation sites is 1. The molecule has 0 aliphatic carbocycles. The van der Waals surface area contributed by atoms with Crippen molar-refractivity contribution >= 4 is 23.0 Å². The van der Waals surface area contributed by atoms with Gasteiger partial charge in [0.25, 0.3) is 5.56 Å². The number of carbonyl (C=O) groups excluding carboxylic acids is 1. The summed E-state index contributed by atoms with van der Waals surface area (Å²) in [4.78, 5) is 40.9. The molecule has 1 aliphatic rings. The van der Waals surface area contributed by atoms with Crippen molar-refractivity contribution in [2.24, 2.45) is 19.2 Å². The molecule has 3 heterocycles. The molecule has 0 fully saturated rings. The van der Waals surface area contributed by atoms with Gasteiger partial charge in [-0.15, -0.1) is 5.10 Å². The molecule has 3 aromatic rings. The Balaban J connectivity index is 1.73. The second-order valence-electron chi connectivity index (χ2n) is 6.82. The van der Waals surface area contributed by atoms with Crippen LogP contribution in [0, 0.1) is 0 Å². The summed E-state index contributed by atoms with van der Waals surface area (Å²) in [5, 5.41) is 5.52. The maximum absolute atomic E-state index is 12.3. The first kappa shape index (κ1) is 19.4. The van der Waals surface area contributed by atoms with Crippen LogP contribution >= 0.6 is 0 Å². The Morgan fingerprint density at radius 1 is 1.20 bits per heavy atom. The van der Waals surface area contributed by atoms with Crippen LogP contribution in [-0.4, -0.2) is 42.6 Å². The van der Waals surface area contributed by atoms with Gasteiger partial charge in [0.05, 0.1) is 19.0 Å². The molecular formula is C19H20N6O5. The summed E-state index contributed by atoms with van der Waals surface area (Å²) >= 11 is 0. The van der Waals surface area contributed by atoms with E-state index < -0.39 is 17.5 Å². The van der Waals surface area contributed by atoms with Crippen LogP contribution in [-0.2, 0) is 30.2 Å². The Bertz CT molecular complexity index is 1300. The van der Waals surface area contributed by atoms with Gasteiger partial charge >= 0.3 is 5.69 Å². The van der Waals surface area contributed by atoms with Crippen LogP contribution in [0.5, 0.6) is 5.75 Å². The van der Waals surface area contributed by atoms with Crippen LogP contribution in [0.2, 0.25) is 0 Å². The third-order valence-electron chi connectivity index (χ3n) is 4.93. The first-order chi connectivity index (χ1) is 14.3. The number of benzene rings is 1. The highest BCUT2D eigenvalue weighted by molar-refractivity contribution is 5.84. The van der Waals surface area contributed by atoms with Crippen molar-refractivity contribution in [3.05, 3.63) is 57.0 Å². The van der Waals surface area contributed by atoms with E-state index in [1.165, 1.54) is 37.0 Å². The second-order valence-corrected chi connectivity index (χ2v) is 6.82. The van der Waals surface area contributed by atoms with E-state index in [4.69, 9.17) is 9.47 Å². The van der Waals surface area contributed by atoms with Crippen LogP contribution in [0.3, 0.4) is 0 Å². The molecule has 2 aromatic heterocycles. The van der Waals surface area contributed by atoms with E-state index in [9.17, 15) is 14.4 Å². The average Bonchev–Trinajstić information content (AvgIpc) is 3.35. The van der Waals surface area contributed by atoms with Gasteiger partial charge in [0, 0.05) is 21.0 Å². The molecule has 0 radical (unpaired) electrons. The fourth-order valence-corrected chi connectivity index (χ4v) is 3.45. The molecule has 1 amide bonds. The highest BCUT2D eigenvalue weighted by atomic mass is 16.5. The minimum atomic E-state index is -0.792. The number of imidazole rings is 1. The molecule has 0 saturated heterocycles. The molecule has 0 spiro atoms. The molecule has 30 heavy (non-hydrogen) atoms. The summed E-state index contributed by atoms with van der Waals surface area (Å²) in [5.41, 5.74) is 0.178. The van der Waals surface area contributed by atoms with Gasteiger partial charge in [-0.25, -0.2) is 9.78 Å². The number of hydrogen-bond acceptors (Lipinski definition) is 7. The van der Waals surface area contributed by atoms with Crippen molar-refractivity contribution in [3.8, 4) is 5.75 Å². The van der Waals surface area contributed by atoms with Gasteiger partial charge in [-0.1, -0.05) is 12.1 Å². The SMILES string of the molecule is COc1ccccc1C1OC(Cn2cnc3c(=O)n(C)c(=O)n(C)c32)=NN1C(C)=O. The number of rotatable bonds is 4. The normalized spacial score (nSPS) is 15.9. The highest BCUT2D eigenvalue weighted by Gasteiger charge is 2.34. The third-order valence-corrected chi connectivity index (χ3v) is 4.93. The maximum Gasteiger partial charge on any atom is 0.332 e. The summed E-state index contributed by atoms with van der Waals surface area (Å²) in [6, 6.07) is 7.18. The van der Waals surface area contributed by atoms with Gasteiger partial charge in [0.15, 0.2) is 5.52 Å². The lowest BCUT2D eigenvalue weighted by Gasteiger charge is -2.21. The molecule has 0 saturated carbocycles. The molecule has 0 bridgehead atoms. The molecule has 156 valence electrons. The zero-order valence-electron chi connectivity index (χ0n) is 16.9. The standard InChI is InChI=1S/C19H20N6O5/c1-11(26)25-18(12-7-5-6-8-13(12)29-4)30-14(21-25)9-24-10-20-15-16(24)22(2)19(28)23(3)17(15)27/h5-8,10,18H,9H2,1-4H3. The largest absolute Gasteiger partial charge is 0.496 e. The first-order valence-electron chi connectivity index (χ1n) is 9.11. The summed E-state index contributed by atoms with van der Waals surface area (Å²) in [6.07, 6.45) is 0.645. The Hall–Kier alpha value is -3.89. The van der Waals surface area contributed by atoms with Gasteiger partial charge in [-0.05, 0) is 12.1 Å². The van der Waals surface area contributed by atoms with Crippen molar-refractivity contribution in [2.45, 2.75) is 19.7 Å². The number of hydrazone groups is 1. The van der Waals surface area contributed by atoms with Crippen molar-refractivity contribution in [3.63, 3.8) is 0 Å². The summed E-state index contributed by atoms with van der Waals surface area (Å²) in [5.74, 6) is 0.482. The number of ether oxygens (including phenoxy) is 2. The molecule has 1 unspecified atom stereocenters. The van der Waals surface area contributed by atoms with Gasteiger partial charge < -0.3 is 14.0 Å². The Morgan fingerprint density at radius 3 is 2.63 bits per heavy atom. The maximum atomic E-state index is 12.3. The average molecular weight is 412 g/mol. The molecule has 0 N–H and O–H groups in total. The molecular weight excluding hydrogens is 392 g/mol. The zero-order valence-corrected chi connectivity index (χ0v) is 16.9. The number of carbonyl (C=O) groups is 1. The second kappa shape index (κ2) is 7.17. The number of methoxy groups -OCH3 is 1. The lowest BCUT2D eigenvalue weighted by Crippen LogP contribution is -2.37. The van der Waals surface area contributed by atoms with Crippen molar-refractivity contribution in [1.82, 2.24) is 23.7 Å². The first-order valence-corrected chi connectivity index (χ1v) is 9.11. The minimum absolute atomic E-state index is 0.0758. The predicted octanol–water partition coefficient (Wildman–Crippen LogP) is 0.333. The Kier molecular flexibility index (Phi) is 4.65. The van der Waals surface area contributed by atoms with Crippen LogP contribution in [0.25, 0.3) is 11.2 Å². The summed E-state index contributed by atoms with van der Waals surface area (Å²) in [7, 11) is 4.49. The van der Waals surface area contributed by atoms with E-state index in [0.717, 1.165) is 4.57 Å². The van der Waals surface area contributed by atoms with Crippen LogP contribution < -0.4 is 16.0 Å². The number of aromatic nitrogens is 4. The lowest BCUT2D eigenvalue weighted by atomic mass is 10.1. The predicted molar refractivity (Wildman–Crippen MR) is 107 cm³/mol. The van der Waals surface area contributed by atoms with E-state index >= 15 is 0 Å². The molecule has 11 heteroatoms. The topological polar surface area (TPSA) is 113 Å². The van der Waals surface area contributed by atoms with Gasteiger partial charge in [0.1, 0.15) is 17.9 Å². The molecule has 1 aromatic carbocycles. The highest BCUT2D eigenvalue weighted by Crippen LogP contribution is 2.34. The number of amides is 1. The van der Waals surface area contributed by atoms with Crippen LogP contribution in [0.1, 0.15) is 18.7 Å². The monoisotopic (exact) mass is 412 g/mol. The third kappa shape index (κ3) is 2.95. The van der Waals surface area contributed by atoms with E-state index in [1.807, 2.05) is 12.1 Å². The number of hydrogen-bond donors (Lipinski definition) is 0. The van der Waals surface area contributed by atoms with Crippen molar-refractivity contribution in [1.29, 1.82) is 0 Å². The van der Waals surface area contributed by atoms with E-state index in [1.54, 1.807) is 23.7 Å². The van der Waals surface area contributed by atoms with E-state index in [2.05, 4.69) is 10.1 Å². The van der Waals surface area contributed by atoms with Gasteiger partial charge in [-0.2, -0.15) is 5.01 Å². The number of fused-ring (bicyclic) bond motifs is 1. The van der Waals surface area contributed by atoms with Crippen LogP contribution in [0.15, 0.2) is 45.3 Å². The van der Waals surface area contributed by atoms with E-state index in [0.29, 0.717) is 17.0 Å². The lowest BCUT2D eigenvalue weighted by molar-refractivity contribution is -0.135. The molecule has 4 rings (SSSR count). The zero-order chi connectivity index (χ0) is 21.6. The van der Waals surface area contributed by atoms with Crippen LogP contribution in [0.4, 0.5) is 0 Å². The number of nitrogens with zero attached hydrogens (tertiary/aromatic N) is 6. The van der Waals surface area contributed by atoms with Gasteiger partial charge in [0.2, 0.25) is 18.0 Å². The summed E-state index contributed by atoms with van der Waals surface area (Å²) < 4.78 is 15.3. The molecule has 1 atom stereocenters. The minimum Gasteiger partial charge on any atom is -0.496 e. The fourth-order valence-electron chi connectivity index (χ4n) is 3.45. The van der Waals surface area contributed by atoms with Gasteiger partial charge in [-0.3, -0.25) is 18.7 Å². The number of aryl methyl sites for hydroxylation is 1. The van der Waals surface area contributed by atoms with E-state index in [-0.39, 0.29) is 23.9 Å². The quantitative estimate of drug-likeness (QED) is 0.610. The molecule has 11 nitrogen and oxygen atoms in total. The van der Waals surface area contributed by atoms with Crippen molar-refractivity contribution < 1.29 is 14.3 Å².